The van der Waals surface area contributed by atoms with E-state index in [1.165, 1.54) is 0 Å². The molecular formula is C26H19ClN2OS. The zero-order valence-corrected chi connectivity index (χ0v) is 18.1. The van der Waals surface area contributed by atoms with Crippen LogP contribution < -0.4 is 5.01 Å². The van der Waals surface area contributed by atoms with Crippen LogP contribution in [-0.4, -0.2) is 17.5 Å². The van der Waals surface area contributed by atoms with Crippen LogP contribution in [0, 0.1) is 0 Å². The minimum absolute atomic E-state index is 0.0414. The molecule has 1 aromatic heterocycles. The second-order valence-corrected chi connectivity index (χ2v) is 8.73. The van der Waals surface area contributed by atoms with Crippen LogP contribution >= 0.6 is 22.9 Å². The van der Waals surface area contributed by atoms with Crippen molar-refractivity contribution in [1.82, 2.24) is 0 Å². The van der Waals surface area contributed by atoms with Gasteiger partial charge in [-0.1, -0.05) is 78.3 Å². The van der Waals surface area contributed by atoms with E-state index in [2.05, 4.69) is 6.07 Å². The van der Waals surface area contributed by atoms with Crippen LogP contribution in [0.2, 0.25) is 5.02 Å². The number of nitrogens with zero attached hydrogens (tertiary/aromatic N) is 2. The maximum atomic E-state index is 13.9. The summed E-state index contributed by atoms with van der Waals surface area (Å²) in [6.45, 7) is 0. The molecular weight excluding hydrogens is 424 g/mol. The summed E-state index contributed by atoms with van der Waals surface area (Å²) in [5.41, 5.74) is 3.48. The summed E-state index contributed by atoms with van der Waals surface area (Å²) in [7, 11) is 0. The summed E-state index contributed by atoms with van der Waals surface area (Å²) in [5, 5.41) is 9.60. The van der Waals surface area contributed by atoms with Gasteiger partial charge in [0.15, 0.2) is 5.78 Å². The van der Waals surface area contributed by atoms with Gasteiger partial charge in [-0.15, -0.1) is 11.3 Å². The Morgan fingerprint density at radius 2 is 1.52 bits per heavy atom. The number of hydrogen-bond donors (Lipinski definition) is 0. The van der Waals surface area contributed by atoms with E-state index >= 15 is 0 Å². The number of carbonyl (C=O) groups is 1. The molecule has 1 aliphatic heterocycles. The molecule has 0 spiro atoms. The Hall–Kier alpha value is -3.21. The van der Waals surface area contributed by atoms with E-state index in [4.69, 9.17) is 16.7 Å². The quantitative estimate of drug-likeness (QED) is 0.324. The molecule has 0 N–H and O–H groups in total. The minimum Gasteiger partial charge on any atom is -0.292 e. The first-order valence-electron chi connectivity index (χ1n) is 10.0. The van der Waals surface area contributed by atoms with Gasteiger partial charge in [-0.2, -0.15) is 5.10 Å². The van der Waals surface area contributed by atoms with Crippen molar-refractivity contribution in [2.24, 2.45) is 5.10 Å². The molecule has 5 heteroatoms. The highest BCUT2D eigenvalue weighted by atomic mass is 35.5. The number of thiophene rings is 1. The summed E-state index contributed by atoms with van der Waals surface area (Å²) in [4.78, 5) is 14.9. The van der Waals surface area contributed by atoms with Crippen LogP contribution in [0.15, 0.2) is 108 Å². The molecule has 0 bridgehead atoms. The van der Waals surface area contributed by atoms with Crippen molar-refractivity contribution in [2.75, 3.05) is 5.01 Å². The van der Waals surface area contributed by atoms with Crippen LogP contribution in [0.4, 0.5) is 5.69 Å². The average Bonchev–Trinajstić information content (AvgIpc) is 3.48. The van der Waals surface area contributed by atoms with Crippen LogP contribution in [-0.2, 0) is 0 Å². The van der Waals surface area contributed by atoms with Crippen molar-refractivity contribution < 1.29 is 4.79 Å². The molecule has 3 aromatic carbocycles. The van der Waals surface area contributed by atoms with Gasteiger partial charge in [0.25, 0.3) is 0 Å². The fourth-order valence-electron chi connectivity index (χ4n) is 4.00. The van der Waals surface area contributed by atoms with Crippen molar-refractivity contribution in [3.05, 3.63) is 123 Å². The molecule has 0 saturated heterocycles. The van der Waals surface area contributed by atoms with Gasteiger partial charge >= 0.3 is 0 Å². The van der Waals surface area contributed by atoms with E-state index in [9.17, 15) is 4.79 Å². The molecule has 4 aromatic rings. The largest absolute Gasteiger partial charge is 0.292 e. The SMILES string of the molecule is O=C(c1ccccc1)C1C(c2ccc(Cl)cc2)C(c2cccs2)=NN1c1ccccc1. The van der Waals surface area contributed by atoms with Gasteiger partial charge in [0.1, 0.15) is 6.04 Å². The first-order valence-corrected chi connectivity index (χ1v) is 11.3. The Balaban J connectivity index is 1.69. The number of hydrazone groups is 1. The second-order valence-electron chi connectivity index (χ2n) is 7.35. The Bertz CT molecular complexity index is 1210. The number of para-hydroxylation sites is 1. The van der Waals surface area contributed by atoms with E-state index < -0.39 is 6.04 Å². The number of carbonyl (C=O) groups excluding carboxylic acids is 1. The number of halogens is 1. The summed E-state index contributed by atoms with van der Waals surface area (Å²) in [6, 6.07) is 30.7. The van der Waals surface area contributed by atoms with Crippen LogP contribution in [0.3, 0.4) is 0 Å². The molecule has 1 aliphatic rings. The van der Waals surface area contributed by atoms with Gasteiger partial charge in [0.05, 0.1) is 22.2 Å². The van der Waals surface area contributed by atoms with Gasteiger partial charge in [-0.25, -0.2) is 0 Å². The molecule has 0 saturated carbocycles. The molecule has 3 nitrogen and oxygen atoms in total. The number of anilines is 1. The lowest BCUT2D eigenvalue weighted by molar-refractivity contribution is 0.0957. The first kappa shape index (κ1) is 19.7. The normalized spacial score (nSPS) is 18.1. The lowest BCUT2D eigenvalue weighted by atomic mass is 9.83. The number of benzene rings is 3. The molecule has 2 unspecified atom stereocenters. The molecule has 2 atom stereocenters. The Morgan fingerprint density at radius 3 is 2.16 bits per heavy atom. The Morgan fingerprint density at radius 1 is 0.839 bits per heavy atom. The van der Waals surface area contributed by atoms with E-state index in [0.717, 1.165) is 21.8 Å². The number of ketones is 1. The van der Waals surface area contributed by atoms with Crippen molar-refractivity contribution >= 4 is 40.1 Å². The highest BCUT2D eigenvalue weighted by Crippen LogP contribution is 2.39. The van der Waals surface area contributed by atoms with Crippen LogP contribution in [0.1, 0.15) is 26.7 Å². The lowest BCUT2D eigenvalue weighted by Crippen LogP contribution is -2.39. The van der Waals surface area contributed by atoms with Gasteiger partial charge in [0.2, 0.25) is 0 Å². The average molecular weight is 443 g/mol. The summed E-state index contributed by atoms with van der Waals surface area (Å²) in [6.07, 6.45) is 0. The molecule has 0 amide bonds. The third-order valence-corrected chi connectivity index (χ3v) is 6.58. The number of Topliss-reactive ketones (excluding diaryl/α,β-unsaturated/α-hetero) is 1. The highest BCUT2D eigenvalue weighted by molar-refractivity contribution is 7.12. The van der Waals surface area contributed by atoms with Crippen molar-refractivity contribution in [3.63, 3.8) is 0 Å². The third kappa shape index (κ3) is 3.80. The first-order chi connectivity index (χ1) is 15.2. The van der Waals surface area contributed by atoms with Crippen molar-refractivity contribution in [1.29, 1.82) is 0 Å². The summed E-state index contributed by atoms with van der Waals surface area (Å²) in [5.74, 6) is -0.177. The number of hydrogen-bond acceptors (Lipinski definition) is 4. The fraction of sp³-hybridized carbons (Fsp3) is 0.0769. The molecule has 2 heterocycles. The van der Waals surface area contributed by atoms with Crippen molar-refractivity contribution in [3.8, 4) is 0 Å². The van der Waals surface area contributed by atoms with Crippen LogP contribution in [0.25, 0.3) is 0 Å². The third-order valence-electron chi connectivity index (χ3n) is 5.44. The monoisotopic (exact) mass is 442 g/mol. The Labute approximate surface area is 190 Å². The maximum Gasteiger partial charge on any atom is 0.188 e. The predicted molar refractivity (Wildman–Crippen MR) is 129 cm³/mol. The van der Waals surface area contributed by atoms with Gasteiger partial charge in [-0.05, 0) is 41.3 Å². The standard InChI is InChI=1S/C26H19ClN2OS/c27-20-15-13-18(14-16-20)23-24(22-12-7-17-31-22)28-29(21-10-5-2-6-11-21)25(23)26(30)19-8-3-1-4-9-19/h1-17,23,25H. The molecule has 0 aliphatic carbocycles. The zero-order chi connectivity index (χ0) is 21.2. The van der Waals surface area contributed by atoms with Gasteiger partial charge < -0.3 is 0 Å². The summed E-state index contributed by atoms with van der Waals surface area (Å²) >= 11 is 7.80. The number of rotatable bonds is 5. The topological polar surface area (TPSA) is 32.7 Å². The molecule has 0 fully saturated rings. The van der Waals surface area contributed by atoms with E-state index in [1.54, 1.807) is 11.3 Å². The van der Waals surface area contributed by atoms with Gasteiger partial charge in [0, 0.05) is 10.6 Å². The highest BCUT2D eigenvalue weighted by Gasteiger charge is 2.44. The van der Waals surface area contributed by atoms with Crippen LogP contribution in [0.5, 0.6) is 0 Å². The predicted octanol–water partition coefficient (Wildman–Crippen LogP) is 6.66. The molecule has 5 rings (SSSR count). The smallest absolute Gasteiger partial charge is 0.188 e. The zero-order valence-electron chi connectivity index (χ0n) is 16.6. The molecule has 0 radical (unpaired) electrons. The molecule has 31 heavy (non-hydrogen) atoms. The lowest BCUT2D eigenvalue weighted by Gasteiger charge is -2.27. The van der Waals surface area contributed by atoms with E-state index in [-0.39, 0.29) is 11.7 Å². The molecule has 152 valence electrons. The van der Waals surface area contributed by atoms with Crippen molar-refractivity contribution in [2.45, 2.75) is 12.0 Å². The minimum atomic E-state index is -0.497. The Kier molecular flexibility index (Phi) is 5.41. The maximum absolute atomic E-state index is 13.9. The second kappa shape index (κ2) is 8.50. The van der Waals surface area contributed by atoms with E-state index in [1.807, 2.05) is 101 Å². The van der Waals surface area contributed by atoms with E-state index in [0.29, 0.717) is 10.6 Å². The van der Waals surface area contributed by atoms with Gasteiger partial charge in [-0.3, -0.25) is 9.80 Å². The fourth-order valence-corrected chi connectivity index (χ4v) is 4.88. The summed E-state index contributed by atoms with van der Waals surface area (Å²) < 4.78 is 0.